The fourth-order valence-electron chi connectivity index (χ4n) is 3.23. The number of nitrogens with zero attached hydrogens (tertiary/aromatic N) is 1. The summed E-state index contributed by atoms with van der Waals surface area (Å²) in [5.74, 6) is 0.857. The first-order chi connectivity index (χ1) is 8.47. The van der Waals surface area contributed by atoms with E-state index in [2.05, 4.69) is 37.9 Å². The van der Waals surface area contributed by atoms with Crippen LogP contribution in [0, 0.1) is 11.3 Å². The molecule has 0 amide bonds. The molecular weight excluding hydrogens is 224 g/mol. The number of ether oxygens (including phenoxy) is 1. The zero-order valence-electron chi connectivity index (χ0n) is 12.5. The summed E-state index contributed by atoms with van der Waals surface area (Å²) in [6, 6.07) is 1.24. The number of rotatable bonds is 3. The van der Waals surface area contributed by atoms with Crippen LogP contribution in [0.4, 0.5) is 0 Å². The van der Waals surface area contributed by atoms with Gasteiger partial charge in [-0.3, -0.25) is 0 Å². The van der Waals surface area contributed by atoms with Gasteiger partial charge in [0.05, 0.1) is 13.2 Å². The first-order valence-corrected chi connectivity index (χ1v) is 7.52. The molecular formula is C15H30N2O. The number of hydrogen-bond acceptors (Lipinski definition) is 3. The van der Waals surface area contributed by atoms with Gasteiger partial charge in [0.15, 0.2) is 0 Å². The number of likely N-dealkylation sites (tertiary alicyclic amines) is 1. The summed E-state index contributed by atoms with van der Waals surface area (Å²) in [6.07, 6.45) is 2.58. The topological polar surface area (TPSA) is 24.5 Å². The van der Waals surface area contributed by atoms with Crippen molar-refractivity contribution < 1.29 is 4.74 Å². The summed E-state index contributed by atoms with van der Waals surface area (Å²) in [5.41, 5.74) is 0.459. The van der Waals surface area contributed by atoms with Gasteiger partial charge in [-0.15, -0.1) is 0 Å². The van der Waals surface area contributed by atoms with Crippen molar-refractivity contribution in [1.29, 1.82) is 0 Å². The van der Waals surface area contributed by atoms with Gasteiger partial charge < -0.3 is 15.0 Å². The van der Waals surface area contributed by atoms with Crippen LogP contribution in [-0.4, -0.2) is 49.8 Å². The lowest BCUT2D eigenvalue weighted by atomic mass is 9.80. The minimum atomic E-state index is 0.459. The van der Waals surface area contributed by atoms with E-state index < -0.39 is 0 Å². The van der Waals surface area contributed by atoms with Crippen molar-refractivity contribution in [2.45, 2.75) is 52.6 Å². The summed E-state index contributed by atoms with van der Waals surface area (Å²) in [6.45, 7) is 14.8. The minimum absolute atomic E-state index is 0.459. The van der Waals surface area contributed by atoms with Crippen LogP contribution in [-0.2, 0) is 4.74 Å². The van der Waals surface area contributed by atoms with Crippen LogP contribution in [0.2, 0.25) is 0 Å². The van der Waals surface area contributed by atoms with E-state index in [4.69, 9.17) is 4.74 Å². The first kappa shape index (κ1) is 14.3. The highest BCUT2D eigenvalue weighted by Crippen LogP contribution is 2.34. The Morgan fingerprint density at radius 3 is 2.72 bits per heavy atom. The largest absolute Gasteiger partial charge is 0.379 e. The molecule has 0 radical (unpaired) electrons. The van der Waals surface area contributed by atoms with E-state index in [9.17, 15) is 0 Å². The van der Waals surface area contributed by atoms with Crippen LogP contribution in [0.5, 0.6) is 0 Å². The van der Waals surface area contributed by atoms with Gasteiger partial charge in [-0.25, -0.2) is 0 Å². The molecule has 18 heavy (non-hydrogen) atoms. The van der Waals surface area contributed by atoms with Crippen molar-refractivity contribution in [3.63, 3.8) is 0 Å². The van der Waals surface area contributed by atoms with Gasteiger partial charge in [0.1, 0.15) is 0 Å². The maximum Gasteiger partial charge on any atom is 0.0620 e. The van der Waals surface area contributed by atoms with Gasteiger partial charge in [-0.1, -0.05) is 20.8 Å². The second-order valence-corrected chi connectivity index (χ2v) is 7.16. The Hall–Kier alpha value is -0.120. The van der Waals surface area contributed by atoms with Crippen LogP contribution in [0.3, 0.4) is 0 Å². The first-order valence-electron chi connectivity index (χ1n) is 7.52. The van der Waals surface area contributed by atoms with E-state index in [0.717, 1.165) is 25.7 Å². The lowest BCUT2D eigenvalue weighted by molar-refractivity contribution is 0.0633. The number of nitrogens with one attached hydrogen (secondary N) is 1. The van der Waals surface area contributed by atoms with Crippen molar-refractivity contribution in [2.75, 3.05) is 32.8 Å². The average Bonchev–Trinajstić information content (AvgIpc) is 2.79. The molecule has 0 saturated carbocycles. The summed E-state index contributed by atoms with van der Waals surface area (Å²) < 4.78 is 5.54. The van der Waals surface area contributed by atoms with E-state index in [1.54, 1.807) is 0 Å². The maximum atomic E-state index is 5.54. The van der Waals surface area contributed by atoms with Gasteiger partial charge in [0, 0.05) is 25.2 Å². The molecule has 2 aliphatic heterocycles. The average molecular weight is 254 g/mol. The Morgan fingerprint density at radius 2 is 2.17 bits per heavy atom. The van der Waals surface area contributed by atoms with E-state index in [1.807, 2.05) is 0 Å². The number of morpholine rings is 1. The second kappa shape index (κ2) is 5.89. The van der Waals surface area contributed by atoms with E-state index in [1.165, 1.54) is 25.9 Å². The Morgan fingerprint density at radius 1 is 1.39 bits per heavy atom. The molecule has 3 heteroatoms. The molecule has 0 aliphatic carbocycles. The Bertz CT molecular complexity index is 256. The van der Waals surface area contributed by atoms with Crippen molar-refractivity contribution in [3.8, 4) is 0 Å². The van der Waals surface area contributed by atoms with Gasteiger partial charge in [-0.2, -0.15) is 0 Å². The van der Waals surface area contributed by atoms with Gasteiger partial charge in [-0.05, 0) is 37.6 Å². The zero-order chi connectivity index (χ0) is 13.2. The molecule has 3 unspecified atom stereocenters. The second-order valence-electron chi connectivity index (χ2n) is 7.16. The predicted octanol–water partition coefficient (Wildman–Crippen LogP) is 2.12. The monoisotopic (exact) mass is 254 g/mol. The third-order valence-corrected chi connectivity index (χ3v) is 4.69. The molecule has 1 N–H and O–H groups in total. The fourth-order valence-corrected chi connectivity index (χ4v) is 3.23. The Kier molecular flexibility index (Phi) is 4.68. The molecule has 106 valence electrons. The molecule has 3 nitrogen and oxygen atoms in total. The lowest BCUT2D eigenvalue weighted by Crippen LogP contribution is -2.45. The van der Waals surface area contributed by atoms with E-state index in [-0.39, 0.29) is 0 Å². The lowest BCUT2D eigenvalue weighted by Gasteiger charge is -2.32. The van der Waals surface area contributed by atoms with Gasteiger partial charge in [0.25, 0.3) is 0 Å². The third-order valence-electron chi connectivity index (χ3n) is 4.69. The Balaban J connectivity index is 1.78. The third kappa shape index (κ3) is 3.69. The van der Waals surface area contributed by atoms with Crippen LogP contribution < -0.4 is 5.32 Å². The molecule has 2 rings (SSSR count). The highest BCUT2D eigenvalue weighted by atomic mass is 16.5. The van der Waals surface area contributed by atoms with Gasteiger partial charge in [0.2, 0.25) is 0 Å². The number of hydrogen-bond donors (Lipinski definition) is 1. The summed E-state index contributed by atoms with van der Waals surface area (Å²) in [5, 5.41) is 3.56. The van der Waals surface area contributed by atoms with Crippen LogP contribution in [0.1, 0.15) is 40.5 Å². The van der Waals surface area contributed by atoms with Crippen LogP contribution >= 0.6 is 0 Å². The summed E-state index contributed by atoms with van der Waals surface area (Å²) in [7, 11) is 0. The molecule has 2 saturated heterocycles. The van der Waals surface area contributed by atoms with Crippen molar-refractivity contribution in [3.05, 3.63) is 0 Å². The normalized spacial score (nSPS) is 32.7. The molecule has 0 bridgehead atoms. The molecule has 0 aromatic carbocycles. The van der Waals surface area contributed by atoms with Crippen molar-refractivity contribution in [2.24, 2.45) is 11.3 Å². The molecule has 2 heterocycles. The van der Waals surface area contributed by atoms with Crippen LogP contribution in [0.25, 0.3) is 0 Å². The molecule has 0 aromatic heterocycles. The molecule has 0 spiro atoms. The molecule has 3 atom stereocenters. The summed E-state index contributed by atoms with van der Waals surface area (Å²) in [4.78, 5) is 2.67. The SMILES string of the molecule is CC(CC1COCCN1)N1CCC(C(C)(C)C)C1. The van der Waals surface area contributed by atoms with E-state index in [0.29, 0.717) is 17.5 Å². The highest BCUT2D eigenvalue weighted by molar-refractivity contribution is 4.87. The highest BCUT2D eigenvalue weighted by Gasteiger charge is 2.34. The van der Waals surface area contributed by atoms with Gasteiger partial charge >= 0.3 is 0 Å². The minimum Gasteiger partial charge on any atom is -0.379 e. The fraction of sp³-hybridized carbons (Fsp3) is 1.00. The molecule has 2 fully saturated rings. The van der Waals surface area contributed by atoms with Crippen molar-refractivity contribution >= 4 is 0 Å². The zero-order valence-corrected chi connectivity index (χ0v) is 12.5. The van der Waals surface area contributed by atoms with E-state index >= 15 is 0 Å². The molecule has 2 aliphatic rings. The maximum absolute atomic E-state index is 5.54. The summed E-state index contributed by atoms with van der Waals surface area (Å²) >= 11 is 0. The predicted molar refractivity (Wildman–Crippen MR) is 75.8 cm³/mol. The molecule has 0 aromatic rings. The Labute approximate surface area is 112 Å². The smallest absolute Gasteiger partial charge is 0.0620 e. The van der Waals surface area contributed by atoms with Crippen LogP contribution in [0.15, 0.2) is 0 Å². The standard InChI is InChI=1S/C15H30N2O/c1-12(9-14-11-18-8-6-16-14)17-7-5-13(10-17)15(2,3)4/h12-14,16H,5-11H2,1-4H3. The van der Waals surface area contributed by atoms with Crippen molar-refractivity contribution in [1.82, 2.24) is 10.2 Å². The quantitative estimate of drug-likeness (QED) is 0.835.